The van der Waals surface area contributed by atoms with E-state index in [1.807, 2.05) is 18.2 Å². The van der Waals surface area contributed by atoms with Crippen LogP contribution in [0.4, 0.5) is 10.2 Å². The van der Waals surface area contributed by atoms with Crippen molar-refractivity contribution >= 4 is 34.9 Å². The molecule has 1 amide bonds. The van der Waals surface area contributed by atoms with E-state index in [4.69, 9.17) is 27.9 Å². The van der Waals surface area contributed by atoms with Gasteiger partial charge in [-0.05, 0) is 47.5 Å². The van der Waals surface area contributed by atoms with Crippen LogP contribution in [-0.4, -0.2) is 15.7 Å². The summed E-state index contributed by atoms with van der Waals surface area (Å²) in [5, 5.41) is 7.82. The molecule has 0 aliphatic carbocycles. The molecule has 32 heavy (non-hydrogen) atoms. The minimum absolute atomic E-state index is 0.228. The van der Waals surface area contributed by atoms with Crippen LogP contribution in [0.2, 0.25) is 10.0 Å². The zero-order valence-corrected chi connectivity index (χ0v) is 18.3. The molecule has 5 nitrogen and oxygen atoms in total. The minimum atomic E-state index is -0.359. The van der Waals surface area contributed by atoms with Crippen LogP contribution < -0.4 is 10.1 Å². The van der Waals surface area contributed by atoms with E-state index in [9.17, 15) is 9.18 Å². The summed E-state index contributed by atoms with van der Waals surface area (Å²) in [5.74, 6) is 0.112. The van der Waals surface area contributed by atoms with Gasteiger partial charge in [0, 0.05) is 11.8 Å². The molecule has 4 aromatic rings. The van der Waals surface area contributed by atoms with Gasteiger partial charge in [0.2, 0.25) is 0 Å². The van der Waals surface area contributed by atoms with Crippen LogP contribution in [-0.2, 0) is 13.2 Å². The van der Waals surface area contributed by atoms with E-state index in [0.717, 1.165) is 11.1 Å². The lowest BCUT2D eigenvalue weighted by Crippen LogP contribution is -2.13. The molecule has 0 radical (unpaired) electrons. The van der Waals surface area contributed by atoms with Gasteiger partial charge in [-0.2, -0.15) is 5.10 Å². The fourth-order valence-corrected chi connectivity index (χ4v) is 3.48. The first-order valence-electron chi connectivity index (χ1n) is 9.73. The first-order valence-corrected chi connectivity index (χ1v) is 10.5. The van der Waals surface area contributed by atoms with Crippen molar-refractivity contribution in [2.24, 2.45) is 0 Å². The maximum absolute atomic E-state index is 13.4. The van der Waals surface area contributed by atoms with Gasteiger partial charge < -0.3 is 10.1 Å². The molecule has 0 spiro atoms. The van der Waals surface area contributed by atoms with E-state index >= 15 is 0 Å². The number of benzene rings is 3. The predicted octanol–water partition coefficient (Wildman–Crippen LogP) is 6.21. The number of hydrogen-bond acceptors (Lipinski definition) is 3. The third-order valence-corrected chi connectivity index (χ3v) is 5.19. The summed E-state index contributed by atoms with van der Waals surface area (Å²) >= 11 is 12.3. The SMILES string of the molecule is O=C(Nc1nn(Cc2cccc(F)c2)cc1Cl)c1cccc(COc2ccccc2Cl)c1. The Morgan fingerprint density at radius 1 is 0.969 bits per heavy atom. The highest BCUT2D eigenvalue weighted by Gasteiger charge is 2.13. The Morgan fingerprint density at radius 3 is 2.56 bits per heavy atom. The lowest BCUT2D eigenvalue weighted by molar-refractivity contribution is 0.102. The van der Waals surface area contributed by atoms with Crippen molar-refractivity contribution in [1.82, 2.24) is 9.78 Å². The number of hydrogen-bond donors (Lipinski definition) is 1. The maximum atomic E-state index is 13.4. The normalized spacial score (nSPS) is 10.7. The van der Waals surface area contributed by atoms with Crippen LogP contribution in [0, 0.1) is 5.82 Å². The summed E-state index contributed by atoms with van der Waals surface area (Å²) in [6, 6.07) is 20.4. The fraction of sp³-hybridized carbons (Fsp3) is 0.0833. The average Bonchev–Trinajstić information content (AvgIpc) is 3.11. The molecule has 0 unspecified atom stereocenters. The van der Waals surface area contributed by atoms with Crippen LogP contribution in [0.5, 0.6) is 5.75 Å². The summed E-state index contributed by atoms with van der Waals surface area (Å²) in [4.78, 5) is 12.7. The van der Waals surface area contributed by atoms with Gasteiger partial charge in [0.05, 0.1) is 11.6 Å². The van der Waals surface area contributed by atoms with Crippen molar-refractivity contribution in [3.8, 4) is 5.75 Å². The summed E-state index contributed by atoms with van der Waals surface area (Å²) in [6.07, 6.45) is 1.58. The molecule has 0 saturated carbocycles. The molecular weight excluding hydrogens is 452 g/mol. The number of ether oxygens (including phenoxy) is 1. The van der Waals surface area contributed by atoms with Crippen LogP contribution in [0.15, 0.2) is 79.0 Å². The zero-order chi connectivity index (χ0) is 22.5. The molecule has 1 aromatic heterocycles. The predicted molar refractivity (Wildman–Crippen MR) is 123 cm³/mol. The highest BCUT2D eigenvalue weighted by molar-refractivity contribution is 6.33. The van der Waals surface area contributed by atoms with Gasteiger partial charge in [-0.3, -0.25) is 9.48 Å². The number of rotatable bonds is 7. The quantitative estimate of drug-likeness (QED) is 0.350. The first-order chi connectivity index (χ1) is 15.5. The zero-order valence-electron chi connectivity index (χ0n) is 16.8. The van der Waals surface area contributed by atoms with Crippen molar-refractivity contribution in [3.63, 3.8) is 0 Å². The molecular formula is C24H18Cl2FN3O2. The van der Waals surface area contributed by atoms with E-state index < -0.39 is 0 Å². The number of para-hydroxylation sites is 1. The number of nitrogens with one attached hydrogen (secondary N) is 1. The monoisotopic (exact) mass is 469 g/mol. The standard InChI is InChI=1S/C24H18Cl2FN3O2/c25-20-9-1-2-10-22(20)32-15-17-6-3-7-18(11-17)24(31)28-23-21(26)14-30(29-23)13-16-5-4-8-19(27)12-16/h1-12,14H,13,15H2,(H,28,29,31). The molecule has 1 heterocycles. The number of amides is 1. The van der Waals surface area contributed by atoms with Gasteiger partial charge in [-0.1, -0.05) is 59.6 Å². The Hall–Kier alpha value is -3.35. The largest absolute Gasteiger partial charge is 0.487 e. The van der Waals surface area contributed by atoms with Crippen LogP contribution in [0.1, 0.15) is 21.5 Å². The summed E-state index contributed by atoms with van der Waals surface area (Å²) in [7, 11) is 0. The summed E-state index contributed by atoms with van der Waals surface area (Å²) < 4.78 is 20.7. The van der Waals surface area contributed by atoms with Gasteiger partial charge in [-0.25, -0.2) is 4.39 Å². The topological polar surface area (TPSA) is 56.2 Å². The van der Waals surface area contributed by atoms with E-state index in [-0.39, 0.29) is 29.2 Å². The van der Waals surface area contributed by atoms with Gasteiger partial charge in [0.15, 0.2) is 5.82 Å². The van der Waals surface area contributed by atoms with Crippen molar-refractivity contribution in [2.45, 2.75) is 13.2 Å². The van der Waals surface area contributed by atoms with E-state index in [1.54, 1.807) is 53.3 Å². The Kier molecular flexibility index (Phi) is 6.73. The van der Waals surface area contributed by atoms with E-state index in [1.165, 1.54) is 12.1 Å². The second-order valence-corrected chi connectivity index (χ2v) is 7.84. The second kappa shape index (κ2) is 9.85. The van der Waals surface area contributed by atoms with Crippen molar-refractivity contribution < 1.29 is 13.9 Å². The van der Waals surface area contributed by atoms with E-state index in [2.05, 4.69) is 10.4 Å². The van der Waals surface area contributed by atoms with Gasteiger partial charge in [-0.15, -0.1) is 0 Å². The van der Waals surface area contributed by atoms with Gasteiger partial charge in [0.1, 0.15) is 23.2 Å². The van der Waals surface area contributed by atoms with Crippen molar-refractivity contribution in [3.05, 3.63) is 112 Å². The Labute approximate surface area is 194 Å². The smallest absolute Gasteiger partial charge is 0.256 e. The molecule has 0 bridgehead atoms. The molecule has 4 rings (SSSR count). The lowest BCUT2D eigenvalue weighted by Gasteiger charge is -2.09. The average molecular weight is 470 g/mol. The molecule has 0 saturated heterocycles. The van der Waals surface area contributed by atoms with E-state index in [0.29, 0.717) is 22.9 Å². The molecule has 0 atom stereocenters. The lowest BCUT2D eigenvalue weighted by atomic mass is 10.1. The molecule has 8 heteroatoms. The first kappa shape index (κ1) is 21.9. The molecule has 0 aliphatic heterocycles. The van der Waals surface area contributed by atoms with Gasteiger partial charge >= 0.3 is 0 Å². The van der Waals surface area contributed by atoms with Crippen LogP contribution >= 0.6 is 23.2 Å². The Bertz CT molecular complexity index is 1260. The number of carbonyl (C=O) groups excluding carboxylic acids is 1. The fourth-order valence-electron chi connectivity index (χ4n) is 3.09. The number of anilines is 1. The number of halogens is 3. The van der Waals surface area contributed by atoms with Gasteiger partial charge in [0.25, 0.3) is 5.91 Å². The van der Waals surface area contributed by atoms with Crippen molar-refractivity contribution in [1.29, 1.82) is 0 Å². The van der Waals surface area contributed by atoms with Crippen LogP contribution in [0.3, 0.4) is 0 Å². The minimum Gasteiger partial charge on any atom is -0.487 e. The molecule has 0 fully saturated rings. The third kappa shape index (κ3) is 5.46. The molecule has 3 aromatic carbocycles. The summed E-state index contributed by atoms with van der Waals surface area (Å²) in [5.41, 5.74) is 1.97. The van der Waals surface area contributed by atoms with Crippen LogP contribution in [0.25, 0.3) is 0 Å². The molecule has 162 valence electrons. The highest BCUT2D eigenvalue weighted by atomic mass is 35.5. The maximum Gasteiger partial charge on any atom is 0.256 e. The Balaban J connectivity index is 1.42. The number of nitrogens with zero attached hydrogens (tertiary/aromatic N) is 2. The van der Waals surface area contributed by atoms with Crippen molar-refractivity contribution in [2.75, 3.05) is 5.32 Å². The summed E-state index contributed by atoms with van der Waals surface area (Å²) in [6.45, 7) is 0.579. The Morgan fingerprint density at radius 2 is 1.75 bits per heavy atom. The highest BCUT2D eigenvalue weighted by Crippen LogP contribution is 2.25. The second-order valence-electron chi connectivity index (χ2n) is 7.03. The molecule has 1 N–H and O–H groups in total. The third-order valence-electron chi connectivity index (χ3n) is 4.60. The molecule has 0 aliphatic rings. The number of carbonyl (C=O) groups is 1. The number of aromatic nitrogens is 2.